The smallest absolute Gasteiger partial charge is 0.0835 e. The number of hydrogen-bond donors (Lipinski definition) is 0. The van der Waals surface area contributed by atoms with E-state index in [9.17, 15) is 0 Å². The van der Waals surface area contributed by atoms with Crippen molar-refractivity contribution in [2.75, 3.05) is 25.2 Å². The van der Waals surface area contributed by atoms with Crippen LogP contribution in [-0.4, -0.2) is 40.2 Å². The molecule has 1 aromatic heterocycles. The molecule has 0 radical (unpaired) electrons. The van der Waals surface area contributed by atoms with Gasteiger partial charge in [0, 0.05) is 19.2 Å². The lowest BCUT2D eigenvalue weighted by molar-refractivity contribution is 0.101. The van der Waals surface area contributed by atoms with E-state index in [1.807, 2.05) is 22.6 Å². The first kappa shape index (κ1) is 13.5. The molecule has 0 aromatic carbocycles. The van der Waals surface area contributed by atoms with E-state index in [-0.39, 0.29) is 0 Å². The van der Waals surface area contributed by atoms with E-state index in [2.05, 4.69) is 30.4 Å². The molecular formula is C11H21N3OS. The minimum absolute atomic E-state index is 0.591. The number of aryl methyl sites for hydroxylation is 1. The van der Waals surface area contributed by atoms with Crippen LogP contribution in [0.5, 0.6) is 0 Å². The number of aromatic nitrogens is 3. The standard InChI is InChI=1S/C11H21N3OS/c1-10(2)9-15-6-5-14-8-11(12-13-14)4-7-16-3/h8,10H,4-7,9H2,1-3H3. The molecule has 1 rings (SSSR count). The Bertz CT molecular complexity index is 289. The molecule has 5 heteroatoms. The van der Waals surface area contributed by atoms with Gasteiger partial charge in [0.2, 0.25) is 0 Å². The van der Waals surface area contributed by atoms with Crippen LogP contribution in [0.1, 0.15) is 19.5 Å². The molecule has 1 heterocycles. The molecule has 0 aliphatic carbocycles. The van der Waals surface area contributed by atoms with Gasteiger partial charge >= 0.3 is 0 Å². The van der Waals surface area contributed by atoms with Gasteiger partial charge in [-0.15, -0.1) is 5.10 Å². The SMILES string of the molecule is CSCCc1cn(CCOCC(C)C)nn1. The largest absolute Gasteiger partial charge is 0.379 e. The third-order valence-corrected chi connectivity index (χ3v) is 2.68. The molecule has 0 amide bonds. The lowest BCUT2D eigenvalue weighted by Crippen LogP contribution is -2.09. The van der Waals surface area contributed by atoms with Gasteiger partial charge in [-0.05, 0) is 17.9 Å². The van der Waals surface area contributed by atoms with E-state index < -0.39 is 0 Å². The quantitative estimate of drug-likeness (QED) is 0.653. The zero-order valence-electron chi connectivity index (χ0n) is 10.3. The average molecular weight is 243 g/mol. The molecule has 0 spiro atoms. The maximum absolute atomic E-state index is 5.50. The highest BCUT2D eigenvalue weighted by atomic mass is 32.2. The molecule has 0 bridgehead atoms. The fourth-order valence-electron chi connectivity index (χ4n) is 1.25. The van der Waals surface area contributed by atoms with Crippen LogP contribution in [0.3, 0.4) is 0 Å². The van der Waals surface area contributed by atoms with Crippen LogP contribution >= 0.6 is 11.8 Å². The van der Waals surface area contributed by atoms with Crippen molar-refractivity contribution in [1.29, 1.82) is 0 Å². The summed E-state index contributed by atoms with van der Waals surface area (Å²) in [5, 5.41) is 8.17. The van der Waals surface area contributed by atoms with E-state index in [1.165, 1.54) is 0 Å². The van der Waals surface area contributed by atoms with Crippen molar-refractivity contribution in [3.8, 4) is 0 Å². The van der Waals surface area contributed by atoms with Gasteiger partial charge in [0.05, 0.1) is 18.8 Å². The lowest BCUT2D eigenvalue weighted by Gasteiger charge is -2.05. The monoisotopic (exact) mass is 243 g/mol. The molecule has 92 valence electrons. The molecule has 1 aromatic rings. The van der Waals surface area contributed by atoms with Crippen LogP contribution < -0.4 is 0 Å². The predicted octanol–water partition coefficient (Wildman–Crippen LogP) is 1.86. The molecule has 0 N–H and O–H groups in total. The Hall–Kier alpha value is -0.550. The molecule has 0 fully saturated rings. The topological polar surface area (TPSA) is 39.9 Å². The molecule has 0 aliphatic heterocycles. The maximum atomic E-state index is 5.50. The van der Waals surface area contributed by atoms with Crippen LogP contribution in [0.2, 0.25) is 0 Å². The number of rotatable bonds is 8. The Labute approximate surface area is 102 Å². The summed E-state index contributed by atoms with van der Waals surface area (Å²) in [4.78, 5) is 0. The number of ether oxygens (including phenoxy) is 1. The van der Waals surface area contributed by atoms with Gasteiger partial charge in [-0.3, -0.25) is 0 Å². The zero-order chi connectivity index (χ0) is 11.8. The molecular weight excluding hydrogens is 222 g/mol. The Morgan fingerprint density at radius 1 is 1.50 bits per heavy atom. The summed E-state index contributed by atoms with van der Waals surface area (Å²) >= 11 is 1.83. The first-order chi connectivity index (χ1) is 7.72. The second-order valence-electron chi connectivity index (χ2n) is 4.18. The van der Waals surface area contributed by atoms with Crippen LogP contribution in [0, 0.1) is 5.92 Å². The molecule has 16 heavy (non-hydrogen) atoms. The Morgan fingerprint density at radius 2 is 2.31 bits per heavy atom. The normalized spacial score (nSPS) is 11.2. The van der Waals surface area contributed by atoms with E-state index in [4.69, 9.17) is 4.74 Å². The zero-order valence-corrected chi connectivity index (χ0v) is 11.2. The summed E-state index contributed by atoms with van der Waals surface area (Å²) < 4.78 is 7.35. The Kier molecular flexibility index (Phi) is 6.49. The summed E-state index contributed by atoms with van der Waals surface area (Å²) in [5.41, 5.74) is 1.07. The highest BCUT2D eigenvalue weighted by molar-refractivity contribution is 7.98. The van der Waals surface area contributed by atoms with Gasteiger partial charge in [0.25, 0.3) is 0 Å². The van der Waals surface area contributed by atoms with Crippen LogP contribution in [0.25, 0.3) is 0 Å². The van der Waals surface area contributed by atoms with Crippen molar-refractivity contribution in [2.24, 2.45) is 5.92 Å². The third kappa shape index (κ3) is 5.51. The summed E-state index contributed by atoms with van der Waals surface area (Å²) in [5.74, 6) is 1.69. The molecule has 4 nitrogen and oxygen atoms in total. The Morgan fingerprint density at radius 3 is 3.00 bits per heavy atom. The predicted molar refractivity (Wildman–Crippen MR) is 67.8 cm³/mol. The first-order valence-electron chi connectivity index (χ1n) is 5.68. The minimum Gasteiger partial charge on any atom is -0.379 e. The highest BCUT2D eigenvalue weighted by Crippen LogP contribution is 2.00. The first-order valence-corrected chi connectivity index (χ1v) is 7.07. The Balaban J connectivity index is 2.19. The second kappa shape index (κ2) is 7.68. The van der Waals surface area contributed by atoms with Gasteiger partial charge in [-0.1, -0.05) is 19.1 Å². The fraction of sp³-hybridized carbons (Fsp3) is 0.818. The van der Waals surface area contributed by atoms with Gasteiger partial charge < -0.3 is 4.74 Å². The van der Waals surface area contributed by atoms with Crippen molar-refractivity contribution in [3.05, 3.63) is 11.9 Å². The summed E-state index contributed by atoms with van der Waals surface area (Å²) in [6, 6.07) is 0. The van der Waals surface area contributed by atoms with Crippen molar-refractivity contribution in [2.45, 2.75) is 26.8 Å². The van der Waals surface area contributed by atoms with E-state index in [1.54, 1.807) is 0 Å². The summed E-state index contributed by atoms with van der Waals surface area (Å²) in [6.07, 6.45) is 5.10. The van der Waals surface area contributed by atoms with Crippen molar-refractivity contribution in [3.63, 3.8) is 0 Å². The minimum atomic E-state index is 0.591. The van der Waals surface area contributed by atoms with Gasteiger partial charge in [0.15, 0.2) is 0 Å². The van der Waals surface area contributed by atoms with E-state index in [0.717, 1.165) is 31.0 Å². The molecule has 0 saturated carbocycles. The van der Waals surface area contributed by atoms with Crippen LogP contribution in [-0.2, 0) is 17.7 Å². The summed E-state index contributed by atoms with van der Waals surface area (Å²) in [6.45, 7) is 6.61. The van der Waals surface area contributed by atoms with Crippen molar-refractivity contribution in [1.82, 2.24) is 15.0 Å². The molecule has 0 saturated heterocycles. The summed E-state index contributed by atoms with van der Waals surface area (Å²) in [7, 11) is 0. The van der Waals surface area contributed by atoms with E-state index in [0.29, 0.717) is 12.5 Å². The second-order valence-corrected chi connectivity index (χ2v) is 5.17. The molecule has 0 unspecified atom stereocenters. The molecule has 0 aliphatic rings. The average Bonchev–Trinajstić information content (AvgIpc) is 2.69. The van der Waals surface area contributed by atoms with Crippen LogP contribution in [0.15, 0.2) is 6.20 Å². The number of hydrogen-bond acceptors (Lipinski definition) is 4. The van der Waals surface area contributed by atoms with Crippen LogP contribution in [0.4, 0.5) is 0 Å². The van der Waals surface area contributed by atoms with Crippen molar-refractivity contribution < 1.29 is 4.74 Å². The van der Waals surface area contributed by atoms with Crippen molar-refractivity contribution >= 4 is 11.8 Å². The van der Waals surface area contributed by atoms with E-state index >= 15 is 0 Å². The number of thioether (sulfide) groups is 1. The number of nitrogens with zero attached hydrogens (tertiary/aromatic N) is 3. The molecule has 0 atom stereocenters. The fourth-order valence-corrected chi connectivity index (χ4v) is 1.66. The van der Waals surface area contributed by atoms with Gasteiger partial charge in [0.1, 0.15) is 0 Å². The van der Waals surface area contributed by atoms with Gasteiger partial charge in [-0.2, -0.15) is 11.8 Å². The third-order valence-electron chi connectivity index (χ3n) is 2.06. The maximum Gasteiger partial charge on any atom is 0.0835 e. The highest BCUT2D eigenvalue weighted by Gasteiger charge is 2.00. The lowest BCUT2D eigenvalue weighted by atomic mass is 10.2. The van der Waals surface area contributed by atoms with Gasteiger partial charge in [-0.25, -0.2) is 4.68 Å².